The Kier molecular flexibility index (Phi) is 4.75. The van der Waals surface area contributed by atoms with Gasteiger partial charge in [-0.2, -0.15) is 13.2 Å². The lowest BCUT2D eigenvalue weighted by Crippen LogP contribution is -2.37. The molecule has 0 bridgehead atoms. The third kappa shape index (κ3) is 6.58. The Morgan fingerprint density at radius 2 is 1.86 bits per heavy atom. The van der Waals surface area contributed by atoms with E-state index in [1.807, 2.05) is 0 Å². The third-order valence-corrected chi connectivity index (χ3v) is 1.16. The van der Waals surface area contributed by atoms with Crippen LogP contribution in [-0.2, 0) is 4.79 Å². The fraction of sp³-hybridized carbons (Fsp3) is 0.833. The van der Waals surface area contributed by atoms with Gasteiger partial charge in [0.25, 0.3) is 6.43 Å². The molecule has 1 unspecified atom stereocenters. The van der Waals surface area contributed by atoms with Gasteiger partial charge < -0.3 is 10.4 Å². The molecule has 0 rings (SSSR count). The second-order valence-corrected chi connectivity index (χ2v) is 2.50. The first-order valence-electron chi connectivity index (χ1n) is 3.52. The van der Waals surface area contributed by atoms with E-state index in [0.29, 0.717) is 0 Å². The van der Waals surface area contributed by atoms with Crippen LogP contribution in [0.5, 0.6) is 0 Å². The van der Waals surface area contributed by atoms with E-state index in [0.717, 1.165) is 0 Å². The van der Waals surface area contributed by atoms with Crippen molar-refractivity contribution in [1.29, 1.82) is 0 Å². The van der Waals surface area contributed by atoms with Gasteiger partial charge in [-0.15, -0.1) is 0 Å². The maximum atomic E-state index is 11.6. The number of aliphatic hydroxyl groups is 1. The van der Waals surface area contributed by atoms with Gasteiger partial charge in [0.15, 0.2) is 0 Å². The number of rotatable bonds is 4. The highest BCUT2D eigenvalue weighted by Gasteiger charge is 2.31. The van der Waals surface area contributed by atoms with Gasteiger partial charge in [-0.05, 0) is 0 Å². The summed E-state index contributed by atoms with van der Waals surface area (Å²) in [4.78, 5) is 10.4. The van der Waals surface area contributed by atoms with E-state index < -0.39 is 37.6 Å². The van der Waals surface area contributed by atoms with Crippen LogP contribution in [0, 0.1) is 0 Å². The first-order valence-corrected chi connectivity index (χ1v) is 3.52. The average Bonchev–Trinajstić information content (AvgIpc) is 1.96. The molecule has 8 heteroatoms. The summed E-state index contributed by atoms with van der Waals surface area (Å²) in [7, 11) is 0. The molecule has 14 heavy (non-hydrogen) atoms. The van der Waals surface area contributed by atoms with Gasteiger partial charge in [0.2, 0.25) is 5.91 Å². The Bertz CT molecular complexity index is 193. The third-order valence-electron chi connectivity index (χ3n) is 1.16. The number of amides is 1. The summed E-state index contributed by atoms with van der Waals surface area (Å²) in [5, 5.41) is 9.96. The molecule has 84 valence electrons. The second-order valence-electron chi connectivity index (χ2n) is 2.50. The van der Waals surface area contributed by atoms with E-state index >= 15 is 0 Å². The molecular formula is C6H8F5NO2. The van der Waals surface area contributed by atoms with E-state index in [2.05, 4.69) is 0 Å². The van der Waals surface area contributed by atoms with Crippen LogP contribution >= 0.6 is 0 Å². The van der Waals surface area contributed by atoms with Gasteiger partial charge in [-0.3, -0.25) is 4.79 Å². The molecule has 0 heterocycles. The molecule has 0 aromatic rings. The number of carbonyl (C=O) groups excluding carboxylic acids is 1. The Hall–Kier alpha value is -0.920. The van der Waals surface area contributed by atoms with E-state index in [1.54, 1.807) is 0 Å². The van der Waals surface area contributed by atoms with Crippen LogP contribution in [0.15, 0.2) is 0 Å². The molecule has 0 aliphatic carbocycles. The maximum Gasteiger partial charge on any atom is 0.397 e. The van der Waals surface area contributed by atoms with Crippen LogP contribution in [0.3, 0.4) is 0 Å². The smallest absolute Gasteiger partial charge is 0.385 e. The molecule has 3 nitrogen and oxygen atoms in total. The van der Waals surface area contributed by atoms with Crippen LogP contribution in [-0.4, -0.2) is 36.3 Å². The zero-order valence-corrected chi connectivity index (χ0v) is 6.81. The number of carbonyl (C=O) groups is 1. The Morgan fingerprint density at radius 1 is 1.36 bits per heavy atom. The lowest BCUT2D eigenvalue weighted by Gasteiger charge is -2.11. The number of aliphatic hydroxyl groups excluding tert-OH is 1. The number of halogens is 5. The fourth-order valence-corrected chi connectivity index (χ4v) is 0.552. The Labute approximate surface area is 75.9 Å². The summed E-state index contributed by atoms with van der Waals surface area (Å²) in [5.41, 5.74) is 0. The minimum atomic E-state index is -4.68. The van der Waals surface area contributed by atoms with E-state index in [9.17, 15) is 26.7 Å². The molecule has 0 aliphatic heterocycles. The average molecular weight is 221 g/mol. The van der Waals surface area contributed by atoms with Crippen LogP contribution in [0.4, 0.5) is 22.0 Å². The van der Waals surface area contributed by atoms with Crippen molar-refractivity contribution in [2.24, 2.45) is 0 Å². The highest BCUT2D eigenvalue weighted by Crippen LogP contribution is 2.18. The van der Waals surface area contributed by atoms with Crippen molar-refractivity contribution in [2.45, 2.75) is 25.1 Å². The molecule has 0 saturated carbocycles. The van der Waals surface area contributed by atoms with Gasteiger partial charge in [-0.25, -0.2) is 8.78 Å². The van der Waals surface area contributed by atoms with Crippen molar-refractivity contribution in [3.05, 3.63) is 0 Å². The molecule has 0 aromatic heterocycles. The molecular weight excluding hydrogens is 213 g/mol. The predicted octanol–water partition coefficient (Wildman–Crippen LogP) is 0.681. The van der Waals surface area contributed by atoms with Gasteiger partial charge >= 0.3 is 6.18 Å². The lowest BCUT2D eigenvalue weighted by molar-refractivity contribution is -0.154. The van der Waals surface area contributed by atoms with E-state index in [-0.39, 0.29) is 0 Å². The highest BCUT2D eigenvalue weighted by molar-refractivity contribution is 5.76. The van der Waals surface area contributed by atoms with Crippen molar-refractivity contribution < 1.29 is 31.9 Å². The minimum Gasteiger partial charge on any atom is -0.385 e. The molecule has 1 amide bonds. The zero-order valence-electron chi connectivity index (χ0n) is 6.81. The summed E-state index contributed by atoms with van der Waals surface area (Å²) < 4.78 is 57.7. The molecule has 0 fully saturated rings. The van der Waals surface area contributed by atoms with Gasteiger partial charge in [0.05, 0.1) is 0 Å². The van der Waals surface area contributed by atoms with Crippen LogP contribution < -0.4 is 5.32 Å². The minimum absolute atomic E-state index is 0.896. The highest BCUT2D eigenvalue weighted by atomic mass is 19.4. The molecule has 2 N–H and O–H groups in total. The number of hydrogen-bond acceptors (Lipinski definition) is 2. The standard InChI is InChI=1S/C6H8F5NO2/c7-5(8)3(13)2-12-4(14)1-6(9,10)11/h3,5,13H,1-2H2,(H,12,14). The van der Waals surface area contributed by atoms with E-state index in [1.165, 1.54) is 5.32 Å². The summed E-state index contributed by atoms with van der Waals surface area (Å²) in [6.45, 7) is -0.896. The normalized spacial score (nSPS) is 14.2. The van der Waals surface area contributed by atoms with Crippen molar-refractivity contribution in [1.82, 2.24) is 5.32 Å². The van der Waals surface area contributed by atoms with Crippen molar-refractivity contribution in [3.63, 3.8) is 0 Å². The maximum absolute atomic E-state index is 11.6. The molecule has 1 atom stereocenters. The Balaban J connectivity index is 3.75. The first-order chi connectivity index (χ1) is 6.22. The van der Waals surface area contributed by atoms with Gasteiger partial charge in [0.1, 0.15) is 12.5 Å². The fourth-order valence-electron chi connectivity index (χ4n) is 0.552. The molecule has 0 radical (unpaired) electrons. The molecule has 0 aromatic carbocycles. The summed E-state index contributed by atoms with van der Waals surface area (Å²) >= 11 is 0. The summed E-state index contributed by atoms with van der Waals surface area (Å²) in [6, 6.07) is 0. The Morgan fingerprint density at radius 3 is 2.21 bits per heavy atom. The molecule has 0 saturated heterocycles. The van der Waals surface area contributed by atoms with Gasteiger partial charge in [0, 0.05) is 6.54 Å². The summed E-state index contributed by atoms with van der Waals surface area (Å²) in [5.74, 6) is -1.45. The largest absolute Gasteiger partial charge is 0.397 e. The predicted molar refractivity (Wildman–Crippen MR) is 35.7 cm³/mol. The van der Waals surface area contributed by atoms with Crippen LogP contribution in [0.1, 0.15) is 6.42 Å². The molecule has 0 spiro atoms. The molecule has 0 aliphatic rings. The quantitative estimate of drug-likeness (QED) is 0.686. The van der Waals surface area contributed by atoms with Crippen molar-refractivity contribution in [3.8, 4) is 0 Å². The number of alkyl halides is 5. The monoisotopic (exact) mass is 221 g/mol. The lowest BCUT2D eigenvalue weighted by atomic mass is 10.3. The first kappa shape index (κ1) is 13.1. The van der Waals surface area contributed by atoms with Crippen molar-refractivity contribution >= 4 is 5.91 Å². The van der Waals surface area contributed by atoms with Crippen LogP contribution in [0.2, 0.25) is 0 Å². The van der Waals surface area contributed by atoms with E-state index in [4.69, 9.17) is 5.11 Å². The number of nitrogens with one attached hydrogen (secondary N) is 1. The summed E-state index contributed by atoms with van der Waals surface area (Å²) in [6.07, 6.45) is -11.7. The van der Waals surface area contributed by atoms with Crippen molar-refractivity contribution in [2.75, 3.05) is 6.54 Å². The number of hydrogen-bond donors (Lipinski definition) is 2. The van der Waals surface area contributed by atoms with Gasteiger partial charge in [-0.1, -0.05) is 0 Å². The SMILES string of the molecule is O=C(CC(F)(F)F)NCC(O)C(F)F. The topological polar surface area (TPSA) is 49.3 Å². The zero-order chi connectivity index (χ0) is 11.4. The second kappa shape index (κ2) is 5.08. The van der Waals surface area contributed by atoms with Crippen LogP contribution in [0.25, 0.3) is 0 Å².